The van der Waals surface area contributed by atoms with E-state index in [1.807, 2.05) is 39.0 Å². The van der Waals surface area contributed by atoms with Crippen molar-refractivity contribution in [2.45, 2.75) is 26.7 Å². The van der Waals surface area contributed by atoms with Crippen LogP contribution in [-0.4, -0.2) is 15.3 Å². The van der Waals surface area contributed by atoms with E-state index in [0.29, 0.717) is 0 Å². The monoisotopic (exact) mass is 334 g/mol. The number of rotatable bonds is 3. The molecule has 128 valence electrons. The molecule has 3 aromatic rings. The fraction of sp³-hybridized carbons (Fsp3) is 0.182. The lowest BCUT2D eigenvalue weighted by Gasteiger charge is -2.24. The van der Waals surface area contributed by atoms with Gasteiger partial charge in [-0.2, -0.15) is 0 Å². The molecule has 3 N–H and O–H groups in total. The molecule has 3 aromatic carbocycles. The average Bonchev–Trinajstić information content (AvgIpc) is 2.52. The molecule has 0 aliphatic carbocycles. The second-order valence-electron chi connectivity index (χ2n) is 6.56. The van der Waals surface area contributed by atoms with Gasteiger partial charge in [0, 0.05) is 5.92 Å². The van der Waals surface area contributed by atoms with Crippen LogP contribution in [0.1, 0.15) is 39.3 Å². The third-order valence-electron chi connectivity index (χ3n) is 4.69. The molecule has 3 nitrogen and oxygen atoms in total. The molecule has 0 aliphatic rings. The summed E-state index contributed by atoms with van der Waals surface area (Å²) in [6, 6.07) is 16.2. The third-order valence-corrected chi connectivity index (χ3v) is 4.69. The molecule has 3 rings (SSSR count). The van der Waals surface area contributed by atoms with Gasteiger partial charge in [0.1, 0.15) is 17.2 Å². The molecule has 0 spiro atoms. The van der Waals surface area contributed by atoms with Crippen molar-refractivity contribution >= 4 is 0 Å². The fourth-order valence-corrected chi connectivity index (χ4v) is 3.45. The van der Waals surface area contributed by atoms with Crippen LogP contribution in [0.2, 0.25) is 0 Å². The highest BCUT2D eigenvalue weighted by molar-refractivity contribution is 5.53. The second kappa shape index (κ2) is 6.52. The molecule has 0 aromatic heterocycles. The Morgan fingerprint density at radius 2 is 0.800 bits per heavy atom. The van der Waals surface area contributed by atoms with E-state index in [-0.39, 0.29) is 23.2 Å². The maximum absolute atomic E-state index is 9.78. The summed E-state index contributed by atoms with van der Waals surface area (Å²) in [5.74, 6) is 0.668. The zero-order valence-electron chi connectivity index (χ0n) is 14.6. The number of phenolic OH excluding ortho intramolecular Hbond substituents is 3. The zero-order chi connectivity index (χ0) is 18.1. The van der Waals surface area contributed by atoms with Crippen molar-refractivity contribution in [3.05, 3.63) is 88.0 Å². The summed E-state index contributed by atoms with van der Waals surface area (Å²) < 4.78 is 0. The maximum atomic E-state index is 9.78. The second-order valence-corrected chi connectivity index (χ2v) is 6.56. The summed E-state index contributed by atoms with van der Waals surface area (Å²) in [7, 11) is 0. The lowest BCUT2D eigenvalue weighted by atomic mass is 9.79. The normalized spacial score (nSPS) is 11.0. The zero-order valence-corrected chi connectivity index (χ0v) is 14.6. The first-order valence-corrected chi connectivity index (χ1v) is 8.25. The molecule has 25 heavy (non-hydrogen) atoms. The highest BCUT2D eigenvalue weighted by atomic mass is 16.3. The van der Waals surface area contributed by atoms with Crippen molar-refractivity contribution in [3.63, 3.8) is 0 Å². The van der Waals surface area contributed by atoms with Crippen molar-refractivity contribution in [3.8, 4) is 17.2 Å². The SMILES string of the molecule is Cc1cc(O)ccc1C(c1ccc(O)cc1C)c1ccc(O)cc1C. The van der Waals surface area contributed by atoms with Gasteiger partial charge in [-0.05, 0) is 90.6 Å². The Bertz CT molecular complexity index is 806. The molecule has 0 radical (unpaired) electrons. The molecule has 0 heterocycles. The van der Waals surface area contributed by atoms with Gasteiger partial charge in [0.2, 0.25) is 0 Å². The van der Waals surface area contributed by atoms with Crippen LogP contribution in [0.25, 0.3) is 0 Å². The quantitative estimate of drug-likeness (QED) is 0.597. The molecular formula is C22H22O3. The Labute approximate surface area is 147 Å². The van der Waals surface area contributed by atoms with Gasteiger partial charge < -0.3 is 15.3 Å². The van der Waals surface area contributed by atoms with Crippen LogP contribution >= 0.6 is 0 Å². The summed E-state index contributed by atoms with van der Waals surface area (Å²) in [4.78, 5) is 0. The summed E-state index contributed by atoms with van der Waals surface area (Å²) in [5, 5.41) is 29.3. The Balaban J connectivity index is 2.27. The number of hydrogen-bond acceptors (Lipinski definition) is 3. The summed E-state index contributed by atoms with van der Waals surface area (Å²) in [6.07, 6.45) is 0. The number of phenols is 3. The first-order valence-electron chi connectivity index (χ1n) is 8.25. The highest BCUT2D eigenvalue weighted by Gasteiger charge is 2.22. The van der Waals surface area contributed by atoms with Gasteiger partial charge in [0.05, 0.1) is 0 Å². The van der Waals surface area contributed by atoms with E-state index < -0.39 is 0 Å². The lowest BCUT2D eigenvalue weighted by molar-refractivity contribution is 0.474. The molecule has 0 bridgehead atoms. The van der Waals surface area contributed by atoms with Crippen LogP contribution in [0, 0.1) is 20.8 Å². The molecule has 0 atom stereocenters. The first-order chi connectivity index (χ1) is 11.9. The highest BCUT2D eigenvalue weighted by Crippen LogP contribution is 2.39. The van der Waals surface area contributed by atoms with Crippen LogP contribution in [-0.2, 0) is 0 Å². The van der Waals surface area contributed by atoms with E-state index in [1.54, 1.807) is 36.4 Å². The van der Waals surface area contributed by atoms with E-state index in [2.05, 4.69) is 0 Å². The van der Waals surface area contributed by atoms with Crippen molar-refractivity contribution in [2.75, 3.05) is 0 Å². The van der Waals surface area contributed by atoms with Gasteiger partial charge >= 0.3 is 0 Å². The molecule has 0 saturated heterocycles. The van der Waals surface area contributed by atoms with Gasteiger partial charge in [-0.3, -0.25) is 0 Å². The van der Waals surface area contributed by atoms with Crippen LogP contribution in [0.3, 0.4) is 0 Å². The number of aromatic hydroxyl groups is 3. The van der Waals surface area contributed by atoms with Crippen LogP contribution in [0.5, 0.6) is 17.2 Å². The molecule has 0 aliphatic heterocycles. The third kappa shape index (κ3) is 3.31. The standard InChI is InChI=1S/C22H22O3/c1-13-10-16(23)4-7-19(13)22(20-8-5-17(24)11-14(20)2)21-9-6-18(25)12-15(21)3/h4-12,22-25H,1-3H3. The van der Waals surface area contributed by atoms with Gasteiger partial charge in [0.15, 0.2) is 0 Å². The van der Waals surface area contributed by atoms with Crippen LogP contribution in [0.15, 0.2) is 54.6 Å². The summed E-state index contributed by atoms with van der Waals surface area (Å²) in [6.45, 7) is 5.94. The number of hydrogen-bond donors (Lipinski definition) is 3. The molecule has 0 saturated carbocycles. The predicted octanol–water partition coefficient (Wildman–Crippen LogP) is 4.91. The van der Waals surface area contributed by atoms with Crippen molar-refractivity contribution in [2.24, 2.45) is 0 Å². The van der Waals surface area contributed by atoms with Gasteiger partial charge in [0.25, 0.3) is 0 Å². The summed E-state index contributed by atoms with van der Waals surface area (Å²) in [5.41, 5.74) is 6.22. The molecular weight excluding hydrogens is 312 g/mol. The van der Waals surface area contributed by atoms with Crippen LogP contribution < -0.4 is 0 Å². The van der Waals surface area contributed by atoms with Crippen LogP contribution in [0.4, 0.5) is 0 Å². The first kappa shape index (κ1) is 16.9. The fourth-order valence-electron chi connectivity index (χ4n) is 3.45. The largest absolute Gasteiger partial charge is 0.508 e. The molecule has 3 heteroatoms. The van der Waals surface area contributed by atoms with Gasteiger partial charge in [-0.15, -0.1) is 0 Å². The smallest absolute Gasteiger partial charge is 0.115 e. The van der Waals surface area contributed by atoms with E-state index >= 15 is 0 Å². The average molecular weight is 334 g/mol. The molecule has 0 fully saturated rings. The minimum atomic E-state index is -0.0539. The van der Waals surface area contributed by atoms with Crippen molar-refractivity contribution < 1.29 is 15.3 Å². The Hall–Kier alpha value is -2.94. The maximum Gasteiger partial charge on any atom is 0.115 e. The Morgan fingerprint density at radius 3 is 1.04 bits per heavy atom. The van der Waals surface area contributed by atoms with Gasteiger partial charge in [-0.1, -0.05) is 18.2 Å². The molecule has 0 unspecified atom stereocenters. The lowest BCUT2D eigenvalue weighted by Crippen LogP contribution is -2.08. The van der Waals surface area contributed by atoms with Gasteiger partial charge in [-0.25, -0.2) is 0 Å². The van der Waals surface area contributed by atoms with Crippen molar-refractivity contribution in [1.29, 1.82) is 0 Å². The van der Waals surface area contributed by atoms with Crippen molar-refractivity contribution in [1.82, 2.24) is 0 Å². The van der Waals surface area contributed by atoms with E-state index in [1.165, 1.54) is 0 Å². The summed E-state index contributed by atoms with van der Waals surface area (Å²) >= 11 is 0. The minimum Gasteiger partial charge on any atom is -0.508 e. The predicted molar refractivity (Wildman–Crippen MR) is 99.5 cm³/mol. The molecule has 0 amide bonds. The topological polar surface area (TPSA) is 60.7 Å². The number of aryl methyl sites for hydroxylation is 3. The number of benzene rings is 3. The Morgan fingerprint density at radius 1 is 0.520 bits per heavy atom. The Kier molecular flexibility index (Phi) is 4.41. The van der Waals surface area contributed by atoms with E-state index in [4.69, 9.17) is 0 Å². The van der Waals surface area contributed by atoms with E-state index in [0.717, 1.165) is 33.4 Å². The van der Waals surface area contributed by atoms with E-state index in [9.17, 15) is 15.3 Å². The minimum absolute atomic E-state index is 0.0539.